The summed E-state index contributed by atoms with van der Waals surface area (Å²) in [6.45, 7) is 1.35. The first-order chi connectivity index (χ1) is 11.6. The van der Waals surface area contributed by atoms with Gasteiger partial charge in [0.2, 0.25) is 7.37 Å². The Bertz CT molecular complexity index is 893. The average molecular weight is 390 g/mol. The fraction of sp³-hybridized carbons (Fsp3) is 0.188. The van der Waals surface area contributed by atoms with Crippen molar-refractivity contribution in [1.82, 2.24) is 0 Å². The summed E-state index contributed by atoms with van der Waals surface area (Å²) < 4.78 is 60.8. The van der Waals surface area contributed by atoms with Crippen LogP contribution in [0.25, 0.3) is 0 Å². The summed E-state index contributed by atoms with van der Waals surface area (Å²) in [5.74, 6) is 0.156. The number of halogens is 4. The lowest BCUT2D eigenvalue weighted by molar-refractivity contribution is -0.137. The lowest BCUT2D eigenvalue weighted by Crippen LogP contribution is -2.10. The Labute approximate surface area is 147 Å². The zero-order valence-corrected chi connectivity index (χ0v) is 14.7. The number of hydrogen-bond acceptors (Lipinski definition) is 4. The Morgan fingerprint density at radius 1 is 1.20 bits per heavy atom. The standard InChI is InChI=1S/C16H12ClF3NO3P/c1-23-25(2,22)15-8-12(5-3-10(15)9-21)24-14-6-4-11(7-13(14)17)16(18,19)20/h3-8H,1-2H3. The highest BCUT2D eigenvalue weighted by Crippen LogP contribution is 2.43. The van der Waals surface area contributed by atoms with Crippen molar-refractivity contribution in [2.45, 2.75) is 6.18 Å². The summed E-state index contributed by atoms with van der Waals surface area (Å²) in [5, 5.41) is 9.04. The van der Waals surface area contributed by atoms with Gasteiger partial charge < -0.3 is 9.26 Å². The molecule has 0 aromatic heterocycles. The van der Waals surface area contributed by atoms with Crippen molar-refractivity contribution in [1.29, 1.82) is 5.26 Å². The van der Waals surface area contributed by atoms with Crippen LogP contribution >= 0.6 is 19.0 Å². The van der Waals surface area contributed by atoms with Gasteiger partial charge in [0.15, 0.2) is 0 Å². The number of benzene rings is 2. The number of nitrogens with zero attached hydrogens (tertiary/aromatic N) is 1. The van der Waals surface area contributed by atoms with E-state index < -0.39 is 19.1 Å². The van der Waals surface area contributed by atoms with Gasteiger partial charge >= 0.3 is 6.18 Å². The fourth-order valence-electron chi connectivity index (χ4n) is 1.99. The summed E-state index contributed by atoms with van der Waals surface area (Å²) in [6.07, 6.45) is -4.52. The highest BCUT2D eigenvalue weighted by molar-refractivity contribution is 7.66. The van der Waals surface area contributed by atoms with Crippen molar-refractivity contribution in [2.75, 3.05) is 13.8 Å². The summed E-state index contributed by atoms with van der Waals surface area (Å²) in [4.78, 5) is 0. The van der Waals surface area contributed by atoms with Crippen LogP contribution in [-0.4, -0.2) is 13.8 Å². The monoisotopic (exact) mass is 389 g/mol. The molecule has 0 fully saturated rings. The van der Waals surface area contributed by atoms with Crippen LogP contribution in [0, 0.1) is 11.3 Å². The Morgan fingerprint density at radius 2 is 1.88 bits per heavy atom. The molecule has 0 bridgehead atoms. The second-order valence-electron chi connectivity index (χ2n) is 5.06. The van der Waals surface area contributed by atoms with Gasteiger partial charge in [-0.05, 0) is 36.4 Å². The van der Waals surface area contributed by atoms with Gasteiger partial charge in [0, 0.05) is 13.8 Å². The van der Waals surface area contributed by atoms with Gasteiger partial charge in [-0.3, -0.25) is 4.57 Å². The largest absolute Gasteiger partial charge is 0.456 e. The van der Waals surface area contributed by atoms with Crippen LogP contribution in [0.4, 0.5) is 13.2 Å². The molecule has 0 saturated carbocycles. The van der Waals surface area contributed by atoms with E-state index in [1.165, 1.54) is 32.0 Å². The maximum Gasteiger partial charge on any atom is 0.416 e. The van der Waals surface area contributed by atoms with E-state index >= 15 is 0 Å². The molecule has 4 nitrogen and oxygen atoms in total. The minimum Gasteiger partial charge on any atom is -0.456 e. The molecule has 0 radical (unpaired) electrons. The van der Waals surface area contributed by atoms with E-state index in [1.54, 1.807) is 0 Å². The van der Waals surface area contributed by atoms with E-state index in [0.717, 1.165) is 18.2 Å². The molecule has 0 saturated heterocycles. The molecule has 9 heteroatoms. The highest BCUT2D eigenvalue weighted by atomic mass is 35.5. The predicted molar refractivity (Wildman–Crippen MR) is 87.9 cm³/mol. The first-order valence-corrected chi connectivity index (χ1v) is 9.26. The Kier molecular flexibility index (Phi) is 5.48. The van der Waals surface area contributed by atoms with Crippen LogP contribution in [0.1, 0.15) is 11.1 Å². The quantitative estimate of drug-likeness (QED) is 0.674. The molecule has 0 amide bonds. The van der Waals surface area contributed by atoms with E-state index in [1.807, 2.05) is 6.07 Å². The van der Waals surface area contributed by atoms with E-state index in [-0.39, 0.29) is 27.4 Å². The zero-order chi connectivity index (χ0) is 18.8. The molecule has 1 unspecified atom stereocenters. The molecule has 2 aromatic rings. The maximum atomic E-state index is 12.7. The summed E-state index contributed by atoms with van der Waals surface area (Å²) in [6, 6.07) is 8.74. The number of alkyl halides is 3. The second-order valence-corrected chi connectivity index (χ2v) is 8.01. The third-order valence-corrected chi connectivity index (χ3v) is 5.60. The van der Waals surface area contributed by atoms with Crippen molar-refractivity contribution in [3.05, 3.63) is 52.5 Å². The predicted octanol–water partition coefficient (Wildman–Crippen LogP) is 5.20. The van der Waals surface area contributed by atoms with Crippen molar-refractivity contribution >= 4 is 24.3 Å². The molecule has 0 aliphatic heterocycles. The third kappa shape index (κ3) is 4.35. The molecule has 0 aliphatic carbocycles. The van der Waals surface area contributed by atoms with Gasteiger partial charge in [-0.1, -0.05) is 11.6 Å². The number of nitriles is 1. The first kappa shape index (κ1) is 19.3. The second kappa shape index (κ2) is 7.09. The molecule has 25 heavy (non-hydrogen) atoms. The minimum absolute atomic E-state index is 0.00586. The Morgan fingerprint density at radius 3 is 2.40 bits per heavy atom. The van der Waals surface area contributed by atoms with Gasteiger partial charge in [-0.2, -0.15) is 18.4 Å². The zero-order valence-electron chi connectivity index (χ0n) is 13.1. The van der Waals surface area contributed by atoms with Gasteiger partial charge in [0.1, 0.15) is 11.5 Å². The summed E-state index contributed by atoms with van der Waals surface area (Å²) >= 11 is 5.84. The van der Waals surface area contributed by atoms with E-state index in [4.69, 9.17) is 26.1 Å². The number of ether oxygens (including phenoxy) is 1. The number of hydrogen-bond donors (Lipinski definition) is 0. The molecular weight excluding hydrogens is 378 g/mol. The molecule has 132 valence electrons. The molecule has 1 atom stereocenters. The molecule has 0 N–H and O–H groups in total. The van der Waals surface area contributed by atoms with Crippen LogP contribution in [0.5, 0.6) is 11.5 Å². The SMILES string of the molecule is COP(C)(=O)c1cc(Oc2ccc(C(F)(F)F)cc2Cl)ccc1C#N. The Hall–Kier alpha value is -2.00. The lowest BCUT2D eigenvalue weighted by Gasteiger charge is -2.15. The van der Waals surface area contributed by atoms with Crippen LogP contribution < -0.4 is 10.0 Å². The van der Waals surface area contributed by atoms with Crippen LogP contribution in [0.15, 0.2) is 36.4 Å². The smallest absolute Gasteiger partial charge is 0.416 e. The van der Waals surface area contributed by atoms with Gasteiger partial charge in [0.05, 0.1) is 27.5 Å². The van der Waals surface area contributed by atoms with Crippen molar-refractivity contribution < 1.29 is 27.0 Å². The van der Waals surface area contributed by atoms with Crippen LogP contribution in [0.2, 0.25) is 5.02 Å². The minimum atomic E-state index is -4.52. The first-order valence-electron chi connectivity index (χ1n) is 6.81. The topological polar surface area (TPSA) is 59.3 Å². The molecular formula is C16H12ClF3NO3P. The van der Waals surface area contributed by atoms with Gasteiger partial charge in [-0.15, -0.1) is 0 Å². The summed E-state index contributed by atoms with van der Waals surface area (Å²) in [7, 11) is -1.99. The normalized spacial score (nSPS) is 13.8. The third-order valence-electron chi connectivity index (χ3n) is 3.36. The van der Waals surface area contributed by atoms with E-state index in [2.05, 4.69) is 0 Å². The Balaban J connectivity index is 2.41. The van der Waals surface area contributed by atoms with Gasteiger partial charge in [0.25, 0.3) is 0 Å². The average Bonchev–Trinajstić information content (AvgIpc) is 2.55. The van der Waals surface area contributed by atoms with Gasteiger partial charge in [-0.25, -0.2) is 0 Å². The molecule has 0 heterocycles. The van der Waals surface area contributed by atoms with Crippen molar-refractivity contribution in [2.24, 2.45) is 0 Å². The number of rotatable bonds is 4. The molecule has 2 aromatic carbocycles. The van der Waals surface area contributed by atoms with E-state index in [0.29, 0.717) is 0 Å². The van der Waals surface area contributed by atoms with E-state index in [9.17, 15) is 17.7 Å². The molecule has 2 rings (SSSR count). The molecule has 0 spiro atoms. The fourth-order valence-corrected chi connectivity index (χ4v) is 3.33. The van der Waals surface area contributed by atoms with Crippen LogP contribution in [-0.2, 0) is 15.3 Å². The highest BCUT2D eigenvalue weighted by Gasteiger charge is 2.31. The van der Waals surface area contributed by atoms with Crippen molar-refractivity contribution in [3.8, 4) is 17.6 Å². The maximum absolute atomic E-state index is 12.7. The van der Waals surface area contributed by atoms with Crippen LogP contribution in [0.3, 0.4) is 0 Å². The molecule has 0 aliphatic rings. The summed E-state index contributed by atoms with van der Waals surface area (Å²) in [5.41, 5.74) is -0.749. The lowest BCUT2D eigenvalue weighted by atomic mass is 10.2. The van der Waals surface area contributed by atoms with Crippen molar-refractivity contribution in [3.63, 3.8) is 0 Å².